The third-order valence-electron chi connectivity index (χ3n) is 4.56. The monoisotopic (exact) mass is 341 g/mol. The second-order valence-electron chi connectivity index (χ2n) is 6.36. The Kier molecular flexibility index (Phi) is 5.60. The molecule has 1 fully saturated rings. The molecular formula is C19H23N3O3. The lowest BCUT2D eigenvalue weighted by atomic mass is 10.1. The molecule has 1 aromatic heterocycles. The highest BCUT2D eigenvalue weighted by Gasteiger charge is 2.26. The summed E-state index contributed by atoms with van der Waals surface area (Å²) >= 11 is 0. The van der Waals surface area contributed by atoms with Crippen molar-refractivity contribution in [3.63, 3.8) is 0 Å². The summed E-state index contributed by atoms with van der Waals surface area (Å²) in [4.78, 5) is 31.1. The van der Waals surface area contributed by atoms with Gasteiger partial charge in [-0.15, -0.1) is 0 Å². The highest BCUT2D eigenvalue weighted by atomic mass is 16.3. The molecule has 1 saturated heterocycles. The number of nitrogens with one attached hydrogen (secondary N) is 1. The molecule has 1 unspecified atom stereocenters. The SMILES string of the molecule is O=C(NC(CO)C(=O)N1CCCCCC1)c1cnc2ccccc2c1. The Morgan fingerprint density at radius 3 is 2.60 bits per heavy atom. The van der Waals surface area contributed by atoms with Crippen LogP contribution in [-0.2, 0) is 4.79 Å². The summed E-state index contributed by atoms with van der Waals surface area (Å²) in [6.45, 7) is 0.952. The van der Waals surface area contributed by atoms with Gasteiger partial charge in [0, 0.05) is 24.7 Å². The van der Waals surface area contributed by atoms with E-state index in [4.69, 9.17) is 0 Å². The van der Waals surface area contributed by atoms with Gasteiger partial charge in [0.05, 0.1) is 17.7 Å². The molecule has 0 radical (unpaired) electrons. The molecule has 1 aliphatic heterocycles. The summed E-state index contributed by atoms with van der Waals surface area (Å²) in [6.07, 6.45) is 5.65. The molecule has 132 valence electrons. The van der Waals surface area contributed by atoms with Gasteiger partial charge in [-0.2, -0.15) is 0 Å². The summed E-state index contributed by atoms with van der Waals surface area (Å²) in [7, 11) is 0. The van der Waals surface area contributed by atoms with Crippen molar-refractivity contribution in [2.24, 2.45) is 0 Å². The van der Waals surface area contributed by atoms with Gasteiger partial charge in [0.1, 0.15) is 6.04 Å². The van der Waals surface area contributed by atoms with Crippen LogP contribution in [0.1, 0.15) is 36.0 Å². The second kappa shape index (κ2) is 8.07. The number of amides is 2. The molecule has 0 saturated carbocycles. The number of hydrogen-bond donors (Lipinski definition) is 2. The Labute approximate surface area is 146 Å². The molecule has 0 spiro atoms. The summed E-state index contributed by atoms with van der Waals surface area (Å²) < 4.78 is 0. The highest BCUT2D eigenvalue weighted by molar-refractivity contribution is 5.99. The van der Waals surface area contributed by atoms with Gasteiger partial charge in [0.25, 0.3) is 5.91 Å². The lowest BCUT2D eigenvalue weighted by Crippen LogP contribution is -2.50. The maximum absolute atomic E-state index is 12.6. The minimum Gasteiger partial charge on any atom is -0.394 e. The van der Waals surface area contributed by atoms with E-state index < -0.39 is 18.6 Å². The molecule has 1 aliphatic rings. The van der Waals surface area contributed by atoms with Crippen LogP contribution in [0.25, 0.3) is 10.9 Å². The number of carbonyl (C=O) groups is 2. The van der Waals surface area contributed by atoms with Crippen molar-refractivity contribution in [3.05, 3.63) is 42.1 Å². The van der Waals surface area contributed by atoms with Crippen LogP contribution in [0, 0.1) is 0 Å². The van der Waals surface area contributed by atoms with Crippen molar-refractivity contribution in [2.45, 2.75) is 31.7 Å². The van der Waals surface area contributed by atoms with Crippen molar-refractivity contribution in [3.8, 4) is 0 Å². The van der Waals surface area contributed by atoms with E-state index in [1.54, 1.807) is 11.0 Å². The van der Waals surface area contributed by atoms with Crippen LogP contribution < -0.4 is 5.32 Å². The highest BCUT2D eigenvalue weighted by Crippen LogP contribution is 2.14. The molecule has 2 heterocycles. The number of nitrogens with zero attached hydrogens (tertiary/aromatic N) is 2. The van der Waals surface area contributed by atoms with E-state index in [1.807, 2.05) is 24.3 Å². The first kappa shape index (κ1) is 17.4. The van der Waals surface area contributed by atoms with Gasteiger partial charge in [-0.25, -0.2) is 0 Å². The van der Waals surface area contributed by atoms with Crippen LogP contribution in [0.5, 0.6) is 0 Å². The van der Waals surface area contributed by atoms with Gasteiger partial charge in [0.2, 0.25) is 5.91 Å². The Morgan fingerprint density at radius 1 is 1.16 bits per heavy atom. The predicted octanol–water partition coefficient (Wildman–Crippen LogP) is 1.73. The molecule has 2 amide bonds. The van der Waals surface area contributed by atoms with Gasteiger partial charge in [-0.3, -0.25) is 14.6 Å². The number of aromatic nitrogens is 1. The first-order valence-corrected chi connectivity index (χ1v) is 8.74. The van der Waals surface area contributed by atoms with Gasteiger partial charge < -0.3 is 15.3 Å². The largest absolute Gasteiger partial charge is 0.394 e. The minimum atomic E-state index is -0.919. The topological polar surface area (TPSA) is 82.5 Å². The van der Waals surface area contributed by atoms with Crippen molar-refractivity contribution < 1.29 is 14.7 Å². The summed E-state index contributed by atoms with van der Waals surface area (Å²) in [5.74, 6) is -0.619. The van der Waals surface area contributed by atoms with Crippen LogP contribution >= 0.6 is 0 Å². The summed E-state index contributed by atoms with van der Waals surface area (Å²) in [5.41, 5.74) is 1.18. The number of pyridine rings is 1. The molecule has 0 bridgehead atoms. The average molecular weight is 341 g/mol. The third kappa shape index (κ3) is 4.14. The fourth-order valence-electron chi connectivity index (χ4n) is 3.13. The number of hydrogen-bond acceptors (Lipinski definition) is 4. The lowest BCUT2D eigenvalue weighted by molar-refractivity contribution is -0.134. The van der Waals surface area contributed by atoms with Crippen LogP contribution in [0.2, 0.25) is 0 Å². The number of likely N-dealkylation sites (tertiary alicyclic amines) is 1. The minimum absolute atomic E-state index is 0.216. The molecular weight excluding hydrogens is 318 g/mol. The standard InChI is InChI=1S/C19H23N3O3/c23-13-17(19(25)22-9-5-1-2-6-10-22)21-18(24)15-11-14-7-3-4-8-16(14)20-12-15/h3-4,7-8,11-12,17,23H,1-2,5-6,9-10,13H2,(H,21,24). The molecule has 2 aromatic rings. The fourth-order valence-corrected chi connectivity index (χ4v) is 3.13. The zero-order valence-corrected chi connectivity index (χ0v) is 14.1. The smallest absolute Gasteiger partial charge is 0.253 e. The molecule has 3 rings (SSSR count). The Bertz CT molecular complexity index is 754. The predicted molar refractivity (Wildman–Crippen MR) is 95.1 cm³/mol. The lowest BCUT2D eigenvalue weighted by Gasteiger charge is -2.25. The third-order valence-corrected chi connectivity index (χ3v) is 4.56. The maximum atomic E-state index is 12.6. The summed E-state index contributed by atoms with van der Waals surface area (Å²) in [5, 5.41) is 13.1. The Balaban J connectivity index is 1.71. The first-order valence-electron chi connectivity index (χ1n) is 8.74. The number of para-hydroxylation sites is 1. The quantitative estimate of drug-likeness (QED) is 0.887. The number of aliphatic hydroxyl groups excluding tert-OH is 1. The zero-order valence-electron chi connectivity index (χ0n) is 14.1. The average Bonchev–Trinajstić information content (AvgIpc) is 2.94. The Morgan fingerprint density at radius 2 is 1.88 bits per heavy atom. The number of aliphatic hydroxyl groups is 1. The van der Waals surface area contributed by atoms with E-state index in [2.05, 4.69) is 10.3 Å². The van der Waals surface area contributed by atoms with Crippen molar-refractivity contribution >= 4 is 22.7 Å². The van der Waals surface area contributed by atoms with Gasteiger partial charge in [0.15, 0.2) is 0 Å². The molecule has 1 aromatic carbocycles. The van der Waals surface area contributed by atoms with E-state index in [1.165, 1.54) is 6.20 Å². The number of fused-ring (bicyclic) bond motifs is 1. The van der Waals surface area contributed by atoms with E-state index >= 15 is 0 Å². The fraction of sp³-hybridized carbons (Fsp3) is 0.421. The van der Waals surface area contributed by atoms with E-state index in [0.717, 1.165) is 36.6 Å². The van der Waals surface area contributed by atoms with Gasteiger partial charge >= 0.3 is 0 Å². The maximum Gasteiger partial charge on any atom is 0.253 e. The van der Waals surface area contributed by atoms with Gasteiger partial charge in [-0.1, -0.05) is 31.0 Å². The van der Waals surface area contributed by atoms with Crippen LogP contribution in [0.4, 0.5) is 0 Å². The number of rotatable bonds is 4. The molecule has 2 N–H and O–H groups in total. The van der Waals surface area contributed by atoms with Crippen molar-refractivity contribution in [1.29, 1.82) is 0 Å². The second-order valence-corrected chi connectivity index (χ2v) is 6.36. The molecule has 25 heavy (non-hydrogen) atoms. The van der Waals surface area contributed by atoms with Crippen molar-refractivity contribution in [1.82, 2.24) is 15.2 Å². The van der Waals surface area contributed by atoms with Crippen LogP contribution in [0.3, 0.4) is 0 Å². The Hall–Kier alpha value is -2.47. The molecule has 6 heteroatoms. The van der Waals surface area contributed by atoms with E-state index in [0.29, 0.717) is 18.7 Å². The van der Waals surface area contributed by atoms with E-state index in [9.17, 15) is 14.7 Å². The molecule has 1 atom stereocenters. The van der Waals surface area contributed by atoms with E-state index in [-0.39, 0.29) is 5.91 Å². The zero-order chi connectivity index (χ0) is 17.6. The number of carbonyl (C=O) groups excluding carboxylic acids is 2. The molecule has 6 nitrogen and oxygen atoms in total. The summed E-state index contributed by atoms with van der Waals surface area (Å²) in [6, 6.07) is 8.34. The first-order chi connectivity index (χ1) is 12.2. The van der Waals surface area contributed by atoms with Crippen LogP contribution in [-0.4, -0.2) is 52.5 Å². The van der Waals surface area contributed by atoms with Crippen LogP contribution in [0.15, 0.2) is 36.5 Å². The van der Waals surface area contributed by atoms with Gasteiger partial charge in [-0.05, 0) is 25.0 Å². The number of benzene rings is 1. The molecule has 0 aliphatic carbocycles. The normalized spacial score (nSPS) is 16.3. The van der Waals surface area contributed by atoms with Crippen molar-refractivity contribution in [2.75, 3.05) is 19.7 Å².